The lowest BCUT2D eigenvalue weighted by atomic mass is 9.87. The molecule has 0 saturated heterocycles. The molecule has 0 radical (unpaired) electrons. The fourth-order valence-corrected chi connectivity index (χ4v) is 3.47. The van der Waals surface area contributed by atoms with E-state index in [4.69, 9.17) is 18.9 Å². The predicted octanol–water partition coefficient (Wildman–Crippen LogP) is 5.06. The summed E-state index contributed by atoms with van der Waals surface area (Å²) in [4.78, 5) is 12.4. The first-order valence-corrected chi connectivity index (χ1v) is 11.0. The topological polar surface area (TPSA) is 78.4 Å². The van der Waals surface area contributed by atoms with E-state index < -0.39 is 0 Å². The molecule has 1 amide bonds. The average molecular weight is 461 g/mol. The molecule has 0 aliphatic carbocycles. The van der Waals surface area contributed by atoms with Gasteiger partial charge >= 0.3 is 0 Å². The summed E-state index contributed by atoms with van der Waals surface area (Å²) < 4.78 is 22.0. The maximum absolute atomic E-state index is 12.4. The van der Waals surface area contributed by atoms with E-state index in [0.29, 0.717) is 29.4 Å². The highest BCUT2D eigenvalue weighted by molar-refractivity contribution is 5.95. The molecule has 0 bridgehead atoms. The highest BCUT2D eigenvalue weighted by atomic mass is 16.7. The second-order valence-corrected chi connectivity index (χ2v) is 8.90. The van der Waals surface area contributed by atoms with Crippen molar-refractivity contribution in [2.45, 2.75) is 32.8 Å². The van der Waals surface area contributed by atoms with E-state index in [-0.39, 0.29) is 18.1 Å². The lowest BCUT2D eigenvalue weighted by molar-refractivity contribution is 0.0954. The summed E-state index contributed by atoms with van der Waals surface area (Å²) in [5.41, 5.74) is 5.97. The molecule has 1 aliphatic rings. The summed E-state index contributed by atoms with van der Waals surface area (Å²) in [6.45, 7) is 7.03. The summed E-state index contributed by atoms with van der Waals surface area (Å²) >= 11 is 0. The third-order valence-electron chi connectivity index (χ3n) is 5.43. The number of hydrazone groups is 1. The van der Waals surface area contributed by atoms with Crippen molar-refractivity contribution in [3.05, 3.63) is 82.9 Å². The molecule has 0 atom stereocenters. The number of ether oxygens (including phenoxy) is 4. The molecule has 1 heterocycles. The van der Waals surface area contributed by atoms with E-state index in [1.54, 1.807) is 31.5 Å². The number of rotatable bonds is 7. The van der Waals surface area contributed by atoms with E-state index >= 15 is 0 Å². The van der Waals surface area contributed by atoms with Crippen LogP contribution in [0.3, 0.4) is 0 Å². The van der Waals surface area contributed by atoms with E-state index in [1.165, 1.54) is 5.56 Å². The van der Waals surface area contributed by atoms with Gasteiger partial charge in [0.05, 0.1) is 13.3 Å². The largest absolute Gasteiger partial charge is 0.496 e. The van der Waals surface area contributed by atoms with E-state index in [2.05, 4.69) is 43.4 Å². The Morgan fingerprint density at radius 2 is 1.79 bits per heavy atom. The van der Waals surface area contributed by atoms with Crippen LogP contribution in [0.2, 0.25) is 0 Å². The smallest absolute Gasteiger partial charge is 0.271 e. The molecule has 0 saturated carbocycles. The highest BCUT2D eigenvalue weighted by Gasteiger charge is 2.16. The molecule has 7 nitrogen and oxygen atoms in total. The molecule has 1 aliphatic heterocycles. The summed E-state index contributed by atoms with van der Waals surface area (Å²) in [7, 11) is 1.62. The monoisotopic (exact) mass is 460 g/mol. The van der Waals surface area contributed by atoms with E-state index in [9.17, 15) is 4.79 Å². The van der Waals surface area contributed by atoms with Crippen molar-refractivity contribution in [1.82, 2.24) is 5.43 Å². The molecule has 0 spiro atoms. The number of hydrogen-bond donors (Lipinski definition) is 1. The third-order valence-corrected chi connectivity index (χ3v) is 5.43. The highest BCUT2D eigenvalue weighted by Crippen LogP contribution is 2.32. The Morgan fingerprint density at radius 1 is 1.03 bits per heavy atom. The molecule has 0 unspecified atom stereocenters. The van der Waals surface area contributed by atoms with Gasteiger partial charge in [-0.15, -0.1) is 0 Å². The number of hydrogen-bond acceptors (Lipinski definition) is 6. The number of amides is 1. The fraction of sp³-hybridized carbons (Fsp3) is 0.259. The third kappa shape index (κ3) is 5.49. The number of nitrogens with one attached hydrogen (secondary N) is 1. The van der Waals surface area contributed by atoms with Gasteiger partial charge in [-0.1, -0.05) is 32.9 Å². The van der Waals surface area contributed by atoms with Gasteiger partial charge in [0.1, 0.15) is 18.1 Å². The minimum absolute atomic E-state index is 0.0908. The zero-order valence-electron chi connectivity index (χ0n) is 19.8. The van der Waals surface area contributed by atoms with Gasteiger partial charge in [0, 0.05) is 11.1 Å². The molecular weight excluding hydrogens is 432 g/mol. The van der Waals surface area contributed by atoms with Crippen molar-refractivity contribution < 1.29 is 23.7 Å². The maximum Gasteiger partial charge on any atom is 0.271 e. The van der Waals surface area contributed by atoms with Crippen molar-refractivity contribution in [3.8, 4) is 23.0 Å². The first-order chi connectivity index (χ1) is 16.3. The van der Waals surface area contributed by atoms with Gasteiger partial charge in [-0.05, 0) is 65.1 Å². The minimum atomic E-state index is -0.342. The fourth-order valence-electron chi connectivity index (χ4n) is 3.47. The van der Waals surface area contributed by atoms with Crippen molar-refractivity contribution in [1.29, 1.82) is 0 Å². The van der Waals surface area contributed by atoms with Gasteiger partial charge in [-0.3, -0.25) is 4.79 Å². The lowest BCUT2D eigenvalue weighted by Crippen LogP contribution is -2.17. The Labute approximate surface area is 199 Å². The van der Waals surface area contributed by atoms with Crippen LogP contribution in [0.5, 0.6) is 23.0 Å². The first-order valence-electron chi connectivity index (χ1n) is 11.0. The lowest BCUT2D eigenvalue weighted by Gasteiger charge is -2.19. The van der Waals surface area contributed by atoms with Crippen molar-refractivity contribution in [3.63, 3.8) is 0 Å². The van der Waals surface area contributed by atoms with Crippen LogP contribution in [0, 0.1) is 0 Å². The number of methoxy groups -OCH3 is 1. The van der Waals surface area contributed by atoms with Gasteiger partial charge < -0.3 is 18.9 Å². The van der Waals surface area contributed by atoms with Crippen molar-refractivity contribution >= 4 is 12.1 Å². The molecular formula is C27H28N2O5. The van der Waals surface area contributed by atoms with E-state index in [0.717, 1.165) is 16.9 Å². The van der Waals surface area contributed by atoms with Gasteiger partial charge in [0.2, 0.25) is 6.79 Å². The molecule has 0 fully saturated rings. The van der Waals surface area contributed by atoms with Gasteiger partial charge in [0.15, 0.2) is 11.5 Å². The number of carbonyl (C=O) groups excluding carboxylic acids is 1. The maximum atomic E-state index is 12.4. The summed E-state index contributed by atoms with van der Waals surface area (Å²) in [5, 5.41) is 4.08. The standard InChI is InChI=1S/C27H28N2O5/c1-27(2,3)21-7-9-22(10-8-21)32-16-20-13-18(5-11-23(20)31-4)15-28-29-26(30)19-6-12-24-25(14-19)34-17-33-24/h5-15H,16-17H2,1-4H3,(H,29,30). The van der Waals surface area contributed by atoms with Crippen molar-refractivity contribution in [2.24, 2.45) is 5.10 Å². The van der Waals surface area contributed by atoms with Crippen LogP contribution in [0.1, 0.15) is 47.8 Å². The number of fused-ring (bicyclic) bond motifs is 1. The molecule has 176 valence electrons. The molecule has 4 rings (SSSR count). The summed E-state index contributed by atoms with van der Waals surface area (Å²) in [6.07, 6.45) is 1.58. The quantitative estimate of drug-likeness (QED) is 0.394. The Kier molecular flexibility index (Phi) is 6.72. The van der Waals surface area contributed by atoms with Crippen LogP contribution in [-0.4, -0.2) is 26.0 Å². The Hall–Kier alpha value is -4.00. The Balaban J connectivity index is 1.39. The molecule has 0 aromatic heterocycles. The Bertz CT molecular complexity index is 1200. The summed E-state index contributed by atoms with van der Waals surface area (Å²) in [6, 6.07) is 18.7. The summed E-state index contributed by atoms with van der Waals surface area (Å²) in [5.74, 6) is 2.32. The van der Waals surface area contributed by atoms with Crippen LogP contribution >= 0.6 is 0 Å². The van der Waals surface area contributed by atoms with Crippen LogP contribution in [-0.2, 0) is 12.0 Å². The Morgan fingerprint density at radius 3 is 2.53 bits per heavy atom. The second kappa shape index (κ2) is 9.87. The van der Waals surface area contributed by atoms with Crippen molar-refractivity contribution in [2.75, 3.05) is 13.9 Å². The normalized spacial score (nSPS) is 12.6. The van der Waals surface area contributed by atoms with Crippen LogP contribution in [0.15, 0.2) is 65.8 Å². The zero-order valence-corrected chi connectivity index (χ0v) is 19.8. The molecule has 7 heteroatoms. The number of carbonyl (C=O) groups is 1. The van der Waals surface area contributed by atoms with E-state index in [1.807, 2.05) is 30.3 Å². The predicted molar refractivity (Wildman–Crippen MR) is 130 cm³/mol. The van der Waals surface area contributed by atoms with Crippen LogP contribution < -0.4 is 24.4 Å². The average Bonchev–Trinajstić information content (AvgIpc) is 3.30. The van der Waals surface area contributed by atoms with Crippen LogP contribution in [0.25, 0.3) is 0 Å². The SMILES string of the molecule is COc1ccc(C=NNC(=O)c2ccc3c(c2)OCO3)cc1COc1ccc(C(C)(C)C)cc1. The zero-order chi connectivity index (χ0) is 24.1. The second-order valence-electron chi connectivity index (χ2n) is 8.90. The first kappa shape index (κ1) is 23.2. The number of benzene rings is 3. The minimum Gasteiger partial charge on any atom is -0.496 e. The van der Waals surface area contributed by atoms with Gasteiger partial charge in [-0.2, -0.15) is 5.10 Å². The number of nitrogens with zero attached hydrogens (tertiary/aromatic N) is 1. The molecule has 3 aromatic carbocycles. The molecule has 3 aromatic rings. The van der Waals surface area contributed by atoms with Gasteiger partial charge in [-0.25, -0.2) is 5.43 Å². The molecule has 1 N–H and O–H groups in total. The molecule has 34 heavy (non-hydrogen) atoms. The van der Waals surface area contributed by atoms with Crippen LogP contribution in [0.4, 0.5) is 0 Å². The van der Waals surface area contributed by atoms with Gasteiger partial charge in [0.25, 0.3) is 5.91 Å².